The zero-order chi connectivity index (χ0) is 17.1. The third kappa shape index (κ3) is 2.33. The first-order chi connectivity index (χ1) is 11.3. The van der Waals surface area contributed by atoms with Crippen molar-refractivity contribution >= 4 is 5.78 Å². The number of fused-ring (bicyclic) bond motifs is 5. The van der Waals surface area contributed by atoms with E-state index in [1.54, 1.807) is 0 Å². The van der Waals surface area contributed by atoms with Crippen LogP contribution in [0.5, 0.6) is 0 Å². The van der Waals surface area contributed by atoms with Crippen molar-refractivity contribution < 1.29 is 15.2 Å². The molecule has 4 nitrogen and oxygen atoms in total. The molecule has 3 saturated carbocycles. The maximum absolute atomic E-state index is 12.4. The van der Waals surface area contributed by atoms with Crippen LogP contribution in [0.25, 0.3) is 0 Å². The molecular weight excluding hydrogens is 302 g/mol. The average Bonchev–Trinajstić information content (AvgIpc) is 2.83. The zero-order valence-electron chi connectivity index (χ0n) is 15.0. The van der Waals surface area contributed by atoms with E-state index >= 15 is 0 Å². The molecule has 134 valence electrons. The van der Waals surface area contributed by atoms with E-state index in [1.165, 1.54) is 19.3 Å². The van der Waals surface area contributed by atoms with Gasteiger partial charge in [0.1, 0.15) is 12.3 Å². The van der Waals surface area contributed by atoms with Gasteiger partial charge in [-0.1, -0.05) is 19.9 Å². The third-order valence-corrected chi connectivity index (χ3v) is 8.49. The van der Waals surface area contributed by atoms with E-state index in [9.17, 15) is 10.0 Å². The number of ketones is 1. The molecule has 7 unspecified atom stereocenters. The Morgan fingerprint density at radius 3 is 2.79 bits per heavy atom. The lowest BCUT2D eigenvalue weighted by molar-refractivity contribution is -1.04. The lowest BCUT2D eigenvalue weighted by Gasteiger charge is -2.59. The molecule has 0 heterocycles. The normalized spacial score (nSPS) is 49.0. The molecule has 0 amide bonds. The maximum Gasteiger partial charge on any atom is 0.139 e. The van der Waals surface area contributed by atoms with Gasteiger partial charge in [-0.2, -0.15) is 0 Å². The molecule has 3 fully saturated rings. The number of rotatable bonds is 2. The first-order valence-electron chi connectivity index (χ1n) is 9.77. The van der Waals surface area contributed by atoms with Gasteiger partial charge in [0, 0.05) is 11.8 Å². The highest BCUT2D eigenvalue weighted by Crippen LogP contribution is 2.65. The predicted molar refractivity (Wildman–Crippen MR) is 91.2 cm³/mol. The van der Waals surface area contributed by atoms with Crippen LogP contribution in [0.1, 0.15) is 65.2 Å². The average molecular weight is 333 g/mol. The molecule has 0 saturated heterocycles. The van der Waals surface area contributed by atoms with Gasteiger partial charge in [0.25, 0.3) is 0 Å². The van der Waals surface area contributed by atoms with Gasteiger partial charge < -0.3 is 5.21 Å². The Hall–Kier alpha value is -0.710. The molecule has 2 N–H and O–H groups in total. The van der Waals surface area contributed by atoms with Crippen LogP contribution in [0.15, 0.2) is 11.6 Å². The molecule has 4 aliphatic carbocycles. The van der Waals surface area contributed by atoms with E-state index < -0.39 is 5.23 Å². The van der Waals surface area contributed by atoms with Crippen LogP contribution in [0.3, 0.4) is 0 Å². The van der Waals surface area contributed by atoms with Crippen LogP contribution in [-0.2, 0) is 4.79 Å². The van der Waals surface area contributed by atoms with Gasteiger partial charge in [-0.25, -0.2) is 10.4 Å². The highest BCUT2D eigenvalue weighted by Gasteiger charge is 2.59. The maximum atomic E-state index is 12.4. The standard InChI is InChI=1S/C20H31NO3/c1-19-9-7-13(12-21(23)24)11-14(19)3-4-15-16-5-6-18(22)20(16,2)10-8-17(15)19/h7,14-17,21,23H,3-6,8-12H2,1-2H3. The summed E-state index contributed by atoms with van der Waals surface area (Å²) in [5.74, 6) is 3.20. The number of Topliss-reactive ketones (excluding diaryl/α,β-unsaturated/α-hetero) is 1. The molecule has 4 heteroatoms. The Balaban J connectivity index is 1.58. The highest BCUT2D eigenvalue weighted by atomic mass is 16.8. The summed E-state index contributed by atoms with van der Waals surface area (Å²) in [7, 11) is 0. The van der Waals surface area contributed by atoms with Crippen LogP contribution < -0.4 is 5.23 Å². The molecule has 0 aromatic carbocycles. The fourth-order valence-electron chi connectivity index (χ4n) is 7.06. The Kier molecular flexibility index (Phi) is 3.94. The second-order valence-corrected chi connectivity index (χ2v) is 9.42. The van der Waals surface area contributed by atoms with Crippen LogP contribution in [0.2, 0.25) is 0 Å². The lowest BCUT2D eigenvalue weighted by atomic mass is 9.45. The van der Waals surface area contributed by atoms with Crippen molar-refractivity contribution in [2.75, 3.05) is 6.54 Å². The zero-order valence-corrected chi connectivity index (χ0v) is 15.0. The van der Waals surface area contributed by atoms with Crippen molar-refractivity contribution in [3.8, 4) is 0 Å². The van der Waals surface area contributed by atoms with Crippen molar-refractivity contribution in [3.05, 3.63) is 16.9 Å². The van der Waals surface area contributed by atoms with Crippen LogP contribution in [0.4, 0.5) is 0 Å². The first kappa shape index (κ1) is 16.7. The Labute approximate surface area is 144 Å². The second-order valence-electron chi connectivity index (χ2n) is 9.42. The molecule has 24 heavy (non-hydrogen) atoms. The highest BCUT2D eigenvalue weighted by molar-refractivity contribution is 5.87. The SMILES string of the molecule is CC12CCC3C(CCC4CC(C[NH+]([O-])O)=CCC43C)C1CCC2=O. The van der Waals surface area contributed by atoms with Crippen molar-refractivity contribution in [2.24, 2.45) is 34.5 Å². The molecule has 0 aromatic rings. The minimum atomic E-state index is -0.698. The van der Waals surface area contributed by atoms with E-state index in [-0.39, 0.29) is 12.0 Å². The second kappa shape index (κ2) is 5.65. The molecule has 4 aliphatic rings. The minimum absolute atomic E-state index is 0.0384. The summed E-state index contributed by atoms with van der Waals surface area (Å²) in [4.78, 5) is 12.4. The fraction of sp³-hybridized carbons (Fsp3) is 0.850. The van der Waals surface area contributed by atoms with Crippen LogP contribution >= 0.6 is 0 Å². The number of carbonyl (C=O) groups excluding carboxylic acids is 1. The first-order valence-corrected chi connectivity index (χ1v) is 9.77. The smallest absolute Gasteiger partial charge is 0.139 e. The van der Waals surface area contributed by atoms with Crippen LogP contribution in [-0.4, -0.2) is 17.5 Å². The fourth-order valence-corrected chi connectivity index (χ4v) is 7.06. The molecule has 0 bridgehead atoms. The summed E-state index contributed by atoms with van der Waals surface area (Å²) >= 11 is 0. The van der Waals surface area contributed by atoms with Gasteiger partial charge in [-0.15, -0.1) is 0 Å². The van der Waals surface area contributed by atoms with E-state index in [4.69, 9.17) is 5.21 Å². The van der Waals surface area contributed by atoms with Crippen molar-refractivity contribution in [3.63, 3.8) is 0 Å². The van der Waals surface area contributed by atoms with Gasteiger partial charge in [-0.3, -0.25) is 4.79 Å². The summed E-state index contributed by atoms with van der Waals surface area (Å²) in [5.41, 5.74) is 1.42. The molecular formula is C20H31NO3. The van der Waals surface area contributed by atoms with Crippen molar-refractivity contribution in [2.45, 2.75) is 65.2 Å². The molecule has 0 aromatic heterocycles. The van der Waals surface area contributed by atoms with E-state index in [0.717, 1.165) is 43.6 Å². The summed E-state index contributed by atoms with van der Waals surface area (Å²) in [6, 6.07) is 0. The minimum Gasteiger partial charge on any atom is -0.600 e. The molecule has 4 rings (SSSR count). The molecule has 0 spiro atoms. The number of allylic oxidation sites excluding steroid dienone is 1. The number of carbonyl (C=O) groups is 1. The number of hydrogen-bond donors (Lipinski definition) is 2. The molecule has 0 aliphatic heterocycles. The van der Waals surface area contributed by atoms with Gasteiger partial charge in [-0.05, 0) is 79.6 Å². The van der Waals surface area contributed by atoms with Crippen molar-refractivity contribution in [1.82, 2.24) is 0 Å². The number of hydrogen-bond acceptors (Lipinski definition) is 3. The monoisotopic (exact) mass is 333 g/mol. The van der Waals surface area contributed by atoms with Gasteiger partial charge in [0.2, 0.25) is 0 Å². The van der Waals surface area contributed by atoms with E-state index in [0.29, 0.717) is 29.0 Å². The molecule has 7 atom stereocenters. The number of nitrogens with one attached hydrogen (secondary N) is 1. The number of hydroxylamine groups is 2. The molecule has 0 radical (unpaired) electrons. The largest absolute Gasteiger partial charge is 0.600 e. The summed E-state index contributed by atoms with van der Waals surface area (Å²) in [6.07, 6.45) is 10.9. The number of quaternary nitrogens is 1. The Morgan fingerprint density at radius 1 is 1.25 bits per heavy atom. The van der Waals surface area contributed by atoms with Crippen LogP contribution in [0, 0.1) is 39.7 Å². The Bertz CT molecular complexity index is 571. The van der Waals surface area contributed by atoms with E-state index in [1.807, 2.05) is 0 Å². The third-order valence-electron chi connectivity index (χ3n) is 8.49. The topological polar surface area (TPSA) is 64.8 Å². The quantitative estimate of drug-likeness (QED) is 0.603. The lowest BCUT2D eigenvalue weighted by Crippen LogP contribution is -3.04. The summed E-state index contributed by atoms with van der Waals surface area (Å²) in [5, 5.41) is 19.5. The summed E-state index contributed by atoms with van der Waals surface area (Å²) < 4.78 is 0. The van der Waals surface area contributed by atoms with Gasteiger partial charge >= 0.3 is 0 Å². The summed E-state index contributed by atoms with van der Waals surface area (Å²) in [6.45, 7) is 4.92. The van der Waals surface area contributed by atoms with Gasteiger partial charge in [0.15, 0.2) is 0 Å². The van der Waals surface area contributed by atoms with E-state index in [2.05, 4.69) is 19.9 Å². The van der Waals surface area contributed by atoms with Gasteiger partial charge in [0.05, 0.1) is 0 Å². The predicted octanol–water partition coefficient (Wildman–Crippen LogP) is 2.91. The van der Waals surface area contributed by atoms with Crippen molar-refractivity contribution in [1.29, 1.82) is 0 Å². The Morgan fingerprint density at radius 2 is 2.04 bits per heavy atom.